The van der Waals surface area contributed by atoms with Crippen LogP contribution in [0.15, 0.2) is 0 Å². The van der Waals surface area contributed by atoms with Crippen molar-refractivity contribution in [1.29, 1.82) is 0 Å². The Morgan fingerprint density at radius 2 is 2.44 bits per heavy atom. The molecule has 3 heteroatoms. The summed E-state index contributed by atoms with van der Waals surface area (Å²) in [5.41, 5.74) is 0. The van der Waals surface area contributed by atoms with Crippen molar-refractivity contribution in [2.75, 3.05) is 6.54 Å². The second-order valence-corrected chi connectivity index (χ2v) is 4.06. The summed E-state index contributed by atoms with van der Waals surface area (Å²) in [7, 11) is 0. The van der Waals surface area contributed by atoms with Crippen LogP contribution >= 0.6 is 22.6 Å². The quantitative estimate of drug-likeness (QED) is 0.494. The standard InChI is InChI=1S/C6H10INO/c1-4-2-5(7)6(9)8-3-4/h4-5H,2-3H2,1H3,(H,8,9). The molecule has 1 heterocycles. The van der Waals surface area contributed by atoms with Crippen LogP contribution in [0.1, 0.15) is 13.3 Å². The predicted molar refractivity (Wildman–Crippen MR) is 44.6 cm³/mol. The number of carbonyl (C=O) groups is 1. The number of carbonyl (C=O) groups excluding carboxylic acids is 1. The number of piperidine rings is 1. The molecule has 1 saturated heterocycles. The topological polar surface area (TPSA) is 29.1 Å². The van der Waals surface area contributed by atoms with E-state index in [1.54, 1.807) is 0 Å². The van der Waals surface area contributed by atoms with Gasteiger partial charge in [-0.2, -0.15) is 0 Å². The summed E-state index contributed by atoms with van der Waals surface area (Å²) in [5.74, 6) is 0.860. The monoisotopic (exact) mass is 239 g/mol. The first-order valence-corrected chi connectivity index (χ1v) is 4.36. The van der Waals surface area contributed by atoms with Gasteiger partial charge in [-0.05, 0) is 12.3 Å². The minimum absolute atomic E-state index is 0.200. The van der Waals surface area contributed by atoms with Crippen LogP contribution in [-0.4, -0.2) is 16.4 Å². The van der Waals surface area contributed by atoms with Crippen LogP contribution in [0.2, 0.25) is 0 Å². The van der Waals surface area contributed by atoms with Gasteiger partial charge in [0.1, 0.15) is 0 Å². The molecular weight excluding hydrogens is 229 g/mol. The van der Waals surface area contributed by atoms with Crippen LogP contribution in [0.3, 0.4) is 0 Å². The molecule has 2 unspecified atom stereocenters. The highest BCUT2D eigenvalue weighted by atomic mass is 127. The van der Waals surface area contributed by atoms with Gasteiger partial charge in [0, 0.05) is 6.54 Å². The highest BCUT2D eigenvalue weighted by molar-refractivity contribution is 14.1. The first-order chi connectivity index (χ1) is 4.20. The maximum absolute atomic E-state index is 10.8. The first-order valence-electron chi connectivity index (χ1n) is 3.12. The summed E-state index contributed by atoms with van der Waals surface area (Å²) in [6, 6.07) is 0. The zero-order valence-electron chi connectivity index (χ0n) is 5.36. The average molecular weight is 239 g/mol. The molecule has 0 radical (unpaired) electrons. The molecule has 52 valence electrons. The Labute approximate surface area is 68.5 Å². The SMILES string of the molecule is CC1CNC(=O)C(I)C1. The minimum atomic E-state index is 0.200. The third-order valence-corrected chi connectivity index (χ3v) is 2.59. The molecule has 1 N–H and O–H groups in total. The number of nitrogens with one attached hydrogen (secondary N) is 1. The molecule has 1 fully saturated rings. The van der Waals surface area contributed by atoms with Gasteiger partial charge in [-0.1, -0.05) is 29.5 Å². The largest absolute Gasteiger partial charge is 0.355 e. The maximum Gasteiger partial charge on any atom is 0.232 e. The van der Waals surface area contributed by atoms with Crippen molar-refractivity contribution in [3.8, 4) is 0 Å². The molecule has 0 spiro atoms. The number of hydrogen-bond acceptors (Lipinski definition) is 1. The molecule has 1 aliphatic rings. The van der Waals surface area contributed by atoms with Gasteiger partial charge in [0.05, 0.1) is 3.92 Å². The zero-order chi connectivity index (χ0) is 6.85. The number of alkyl halides is 1. The van der Waals surface area contributed by atoms with Gasteiger partial charge in [-0.15, -0.1) is 0 Å². The Hall–Kier alpha value is 0.200. The van der Waals surface area contributed by atoms with Crippen molar-refractivity contribution in [3.05, 3.63) is 0 Å². The van der Waals surface area contributed by atoms with E-state index in [0.717, 1.165) is 13.0 Å². The molecule has 2 nitrogen and oxygen atoms in total. The molecule has 0 aromatic carbocycles. The van der Waals surface area contributed by atoms with Crippen LogP contribution in [0, 0.1) is 5.92 Å². The third-order valence-electron chi connectivity index (χ3n) is 1.52. The lowest BCUT2D eigenvalue weighted by Crippen LogP contribution is -2.40. The summed E-state index contributed by atoms with van der Waals surface area (Å²) in [6.07, 6.45) is 1.03. The summed E-state index contributed by atoms with van der Waals surface area (Å²) in [5, 5.41) is 2.84. The van der Waals surface area contributed by atoms with Crippen molar-refractivity contribution >= 4 is 28.5 Å². The number of hydrogen-bond donors (Lipinski definition) is 1. The lowest BCUT2D eigenvalue weighted by molar-refractivity contribution is -0.121. The number of rotatable bonds is 0. The maximum atomic E-state index is 10.8. The smallest absolute Gasteiger partial charge is 0.232 e. The van der Waals surface area contributed by atoms with Gasteiger partial charge in [0.15, 0.2) is 0 Å². The van der Waals surface area contributed by atoms with Gasteiger partial charge >= 0.3 is 0 Å². The first kappa shape index (κ1) is 7.31. The molecule has 0 aromatic rings. The van der Waals surface area contributed by atoms with E-state index in [4.69, 9.17) is 0 Å². The van der Waals surface area contributed by atoms with Gasteiger partial charge in [-0.25, -0.2) is 0 Å². The van der Waals surface area contributed by atoms with Crippen molar-refractivity contribution in [2.24, 2.45) is 5.92 Å². The Morgan fingerprint density at radius 1 is 1.78 bits per heavy atom. The fourth-order valence-electron chi connectivity index (χ4n) is 0.929. The molecule has 2 atom stereocenters. The van der Waals surface area contributed by atoms with E-state index in [1.165, 1.54) is 0 Å². The molecule has 9 heavy (non-hydrogen) atoms. The molecule has 0 bridgehead atoms. The number of halogens is 1. The van der Waals surface area contributed by atoms with Gasteiger partial charge in [0.25, 0.3) is 0 Å². The summed E-state index contributed by atoms with van der Waals surface area (Å²) >= 11 is 2.19. The van der Waals surface area contributed by atoms with E-state index in [9.17, 15) is 4.79 Å². The Balaban J connectivity index is 2.44. The average Bonchev–Trinajstić information content (AvgIpc) is 1.80. The van der Waals surface area contributed by atoms with Crippen LogP contribution in [0.5, 0.6) is 0 Å². The second-order valence-electron chi connectivity index (χ2n) is 2.55. The van der Waals surface area contributed by atoms with Crippen molar-refractivity contribution < 1.29 is 4.79 Å². The van der Waals surface area contributed by atoms with Crippen LogP contribution < -0.4 is 5.32 Å². The van der Waals surface area contributed by atoms with E-state index >= 15 is 0 Å². The Kier molecular flexibility index (Phi) is 2.32. The molecule has 0 aliphatic carbocycles. The fourth-order valence-corrected chi connectivity index (χ4v) is 2.02. The van der Waals surface area contributed by atoms with E-state index in [-0.39, 0.29) is 9.83 Å². The van der Waals surface area contributed by atoms with Crippen molar-refractivity contribution in [1.82, 2.24) is 5.32 Å². The molecular formula is C6H10INO. The van der Waals surface area contributed by atoms with Crippen molar-refractivity contribution in [2.45, 2.75) is 17.3 Å². The molecule has 1 aliphatic heterocycles. The molecule has 1 rings (SSSR count). The second kappa shape index (κ2) is 2.86. The van der Waals surface area contributed by atoms with E-state index in [1.807, 2.05) is 0 Å². The van der Waals surface area contributed by atoms with Gasteiger partial charge in [0.2, 0.25) is 5.91 Å². The zero-order valence-corrected chi connectivity index (χ0v) is 7.51. The van der Waals surface area contributed by atoms with Crippen molar-refractivity contribution in [3.63, 3.8) is 0 Å². The van der Waals surface area contributed by atoms with Crippen LogP contribution in [-0.2, 0) is 4.79 Å². The third kappa shape index (κ3) is 1.81. The Morgan fingerprint density at radius 3 is 2.89 bits per heavy atom. The lowest BCUT2D eigenvalue weighted by Gasteiger charge is -2.22. The summed E-state index contributed by atoms with van der Waals surface area (Å²) in [6.45, 7) is 3.02. The van der Waals surface area contributed by atoms with Crippen LogP contribution in [0.25, 0.3) is 0 Å². The Bertz CT molecular complexity index is 126. The fraction of sp³-hybridized carbons (Fsp3) is 0.833. The summed E-state index contributed by atoms with van der Waals surface area (Å²) < 4.78 is 0.200. The number of amides is 1. The molecule has 0 saturated carbocycles. The normalized spacial score (nSPS) is 36.0. The summed E-state index contributed by atoms with van der Waals surface area (Å²) in [4.78, 5) is 10.8. The van der Waals surface area contributed by atoms with E-state index in [2.05, 4.69) is 34.8 Å². The predicted octanol–water partition coefficient (Wildman–Crippen LogP) is 0.946. The molecule has 0 aromatic heterocycles. The van der Waals surface area contributed by atoms with E-state index in [0.29, 0.717) is 5.92 Å². The minimum Gasteiger partial charge on any atom is -0.355 e. The van der Waals surface area contributed by atoms with Crippen LogP contribution in [0.4, 0.5) is 0 Å². The van der Waals surface area contributed by atoms with Gasteiger partial charge in [-0.3, -0.25) is 4.79 Å². The highest BCUT2D eigenvalue weighted by Crippen LogP contribution is 2.16. The highest BCUT2D eigenvalue weighted by Gasteiger charge is 2.22. The van der Waals surface area contributed by atoms with Gasteiger partial charge < -0.3 is 5.32 Å². The lowest BCUT2D eigenvalue weighted by atomic mass is 10.0. The van der Waals surface area contributed by atoms with E-state index < -0.39 is 0 Å². The molecule has 1 amide bonds.